The summed E-state index contributed by atoms with van der Waals surface area (Å²) in [6.45, 7) is 9.89. The van der Waals surface area contributed by atoms with Gasteiger partial charge in [-0.3, -0.25) is 0 Å². The summed E-state index contributed by atoms with van der Waals surface area (Å²) in [5.74, 6) is 1.85. The molecule has 2 nitrogen and oxygen atoms in total. The van der Waals surface area contributed by atoms with Crippen molar-refractivity contribution in [2.24, 2.45) is 11.8 Å². The van der Waals surface area contributed by atoms with Crippen LogP contribution in [0.4, 0.5) is 0 Å². The van der Waals surface area contributed by atoms with E-state index >= 15 is 0 Å². The Bertz CT molecular complexity index is 205. The molecule has 0 aromatic carbocycles. The highest BCUT2D eigenvalue weighted by atomic mass is 15.2. The quantitative estimate of drug-likeness (QED) is 0.733. The molecule has 100 valence electrons. The Morgan fingerprint density at radius 1 is 1.06 bits per heavy atom. The van der Waals surface area contributed by atoms with Crippen LogP contribution in [0.15, 0.2) is 0 Å². The minimum Gasteiger partial charge on any atom is -0.317 e. The molecule has 2 heteroatoms. The zero-order chi connectivity index (χ0) is 12.1. The first-order chi connectivity index (χ1) is 8.25. The summed E-state index contributed by atoms with van der Waals surface area (Å²) in [5.41, 5.74) is 0. The molecule has 1 aliphatic carbocycles. The fourth-order valence-electron chi connectivity index (χ4n) is 2.86. The minimum absolute atomic E-state index is 0.857. The molecule has 1 saturated heterocycles. The van der Waals surface area contributed by atoms with Gasteiger partial charge in [0, 0.05) is 6.04 Å². The highest BCUT2D eigenvalue weighted by Gasteiger charge is 2.29. The van der Waals surface area contributed by atoms with Crippen molar-refractivity contribution in [2.45, 2.75) is 58.4 Å². The van der Waals surface area contributed by atoms with Crippen LogP contribution in [-0.4, -0.2) is 37.1 Å². The summed E-state index contributed by atoms with van der Waals surface area (Å²) in [7, 11) is 0. The van der Waals surface area contributed by atoms with E-state index in [1.807, 2.05) is 0 Å². The first kappa shape index (κ1) is 13.4. The lowest BCUT2D eigenvalue weighted by molar-refractivity contribution is 0.217. The Labute approximate surface area is 107 Å². The lowest BCUT2D eigenvalue weighted by Crippen LogP contribution is -2.33. The maximum Gasteiger partial charge on any atom is 0.00964 e. The van der Waals surface area contributed by atoms with Crippen LogP contribution in [0.25, 0.3) is 0 Å². The molecular formula is C15H30N2. The number of nitrogens with one attached hydrogen (secondary N) is 1. The standard InChI is InChI=1S/C15H30N2/c1-13(2)7-11-17(15-3-4-15)12-8-14-5-9-16-10-6-14/h13-16H,3-12H2,1-2H3. The summed E-state index contributed by atoms with van der Waals surface area (Å²) >= 11 is 0. The third-order valence-corrected chi connectivity index (χ3v) is 4.34. The fraction of sp³-hybridized carbons (Fsp3) is 1.00. The molecule has 2 fully saturated rings. The van der Waals surface area contributed by atoms with Gasteiger partial charge in [0.2, 0.25) is 0 Å². The molecule has 0 radical (unpaired) electrons. The number of nitrogens with zero attached hydrogens (tertiary/aromatic N) is 1. The van der Waals surface area contributed by atoms with E-state index in [-0.39, 0.29) is 0 Å². The average Bonchev–Trinajstić information content (AvgIpc) is 3.14. The molecule has 0 bridgehead atoms. The molecule has 2 aliphatic rings. The van der Waals surface area contributed by atoms with Gasteiger partial charge in [-0.2, -0.15) is 0 Å². The van der Waals surface area contributed by atoms with Gasteiger partial charge in [-0.25, -0.2) is 0 Å². The molecule has 0 spiro atoms. The van der Waals surface area contributed by atoms with Gasteiger partial charge in [0.15, 0.2) is 0 Å². The van der Waals surface area contributed by atoms with Gasteiger partial charge >= 0.3 is 0 Å². The van der Waals surface area contributed by atoms with Crippen LogP contribution in [-0.2, 0) is 0 Å². The van der Waals surface area contributed by atoms with Crippen molar-refractivity contribution in [2.75, 3.05) is 26.2 Å². The van der Waals surface area contributed by atoms with Gasteiger partial charge in [0.05, 0.1) is 0 Å². The highest BCUT2D eigenvalue weighted by Crippen LogP contribution is 2.28. The number of hydrogen-bond donors (Lipinski definition) is 1. The maximum absolute atomic E-state index is 3.46. The molecule has 0 unspecified atom stereocenters. The normalized spacial score (nSPS) is 22.6. The summed E-state index contributed by atoms with van der Waals surface area (Å²) in [6, 6.07) is 0.954. The third kappa shape index (κ3) is 4.97. The van der Waals surface area contributed by atoms with Crippen molar-refractivity contribution in [3.05, 3.63) is 0 Å². The second-order valence-electron chi connectivity index (χ2n) is 6.43. The predicted octanol–water partition coefficient (Wildman–Crippen LogP) is 2.89. The van der Waals surface area contributed by atoms with Gasteiger partial charge < -0.3 is 10.2 Å². The smallest absolute Gasteiger partial charge is 0.00964 e. The topological polar surface area (TPSA) is 15.3 Å². The number of piperidine rings is 1. The lowest BCUT2D eigenvalue weighted by atomic mass is 9.94. The third-order valence-electron chi connectivity index (χ3n) is 4.34. The molecule has 2 rings (SSSR count). The van der Waals surface area contributed by atoms with Crippen LogP contribution in [0, 0.1) is 11.8 Å². The fourth-order valence-corrected chi connectivity index (χ4v) is 2.86. The second kappa shape index (κ2) is 6.75. The van der Waals surface area contributed by atoms with E-state index in [9.17, 15) is 0 Å². The Hall–Kier alpha value is -0.0800. The summed E-state index contributed by atoms with van der Waals surface area (Å²) < 4.78 is 0. The van der Waals surface area contributed by atoms with Gasteiger partial charge in [0.1, 0.15) is 0 Å². The van der Waals surface area contributed by atoms with Gasteiger partial charge in [-0.1, -0.05) is 13.8 Å². The van der Waals surface area contributed by atoms with E-state index in [0.717, 1.165) is 17.9 Å². The molecule has 1 heterocycles. The molecule has 0 amide bonds. The Kier molecular flexibility index (Phi) is 5.30. The molecule has 1 aliphatic heterocycles. The van der Waals surface area contributed by atoms with Gasteiger partial charge in [0.25, 0.3) is 0 Å². The van der Waals surface area contributed by atoms with E-state index in [1.54, 1.807) is 0 Å². The van der Waals surface area contributed by atoms with Gasteiger partial charge in [-0.05, 0) is 76.5 Å². The number of hydrogen-bond acceptors (Lipinski definition) is 2. The van der Waals surface area contributed by atoms with Crippen LogP contribution >= 0.6 is 0 Å². The molecule has 17 heavy (non-hydrogen) atoms. The summed E-state index contributed by atoms with van der Waals surface area (Å²) in [4.78, 5) is 2.78. The summed E-state index contributed by atoms with van der Waals surface area (Å²) in [6.07, 6.45) is 8.55. The molecular weight excluding hydrogens is 208 g/mol. The lowest BCUT2D eigenvalue weighted by Gasteiger charge is -2.27. The van der Waals surface area contributed by atoms with Crippen molar-refractivity contribution >= 4 is 0 Å². The zero-order valence-corrected chi connectivity index (χ0v) is 11.8. The highest BCUT2D eigenvalue weighted by molar-refractivity contribution is 4.85. The zero-order valence-electron chi connectivity index (χ0n) is 11.8. The van der Waals surface area contributed by atoms with Crippen molar-refractivity contribution < 1.29 is 0 Å². The van der Waals surface area contributed by atoms with E-state index in [4.69, 9.17) is 0 Å². The average molecular weight is 238 g/mol. The Balaban J connectivity index is 1.65. The molecule has 1 saturated carbocycles. The van der Waals surface area contributed by atoms with Crippen LogP contribution in [0.3, 0.4) is 0 Å². The van der Waals surface area contributed by atoms with Crippen LogP contribution in [0.1, 0.15) is 52.4 Å². The maximum atomic E-state index is 3.46. The van der Waals surface area contributed by atoms with Crippen molar-refractivity contribution in [3.8, 4) is 0 Å². The Morgan fingerprint density at radius 3 is 2.35 bits per heavy atom. The second-order valence-corrected chi connectivity index (χ2v) is 6.43. The van der Waals surface area contributed by atoms with Crippen molar-refractivity contribution in [3.63, 3.8) is 0 Å². The van der Waals surface area contributed by atoms with E-state index in [1.165, 1.54) is 64.7 Å². The molecule has 0 aromatic heterocycles. The monoisotopic (exact) mass is 238 g/mol. The largest absolute Gasteiger partial charge is 0.317 e. The Morgan fingerprint density at radius 2 is 1.76 bits per heavy atom. The van der Waals surface area contributed by atoms with Crippen LogP contribution in [0.2, 0.25) is 0 Å². The first-order valence-corrected chi connectivity index (χ1v) is 7.70. The van der Waals surface area contributed by atoms with E-state index in [2.05, 4.69) is 24.1 Å². The number of rotatable bonds is 7. The summed E-state index contributed by atoms with van der Waals surface area (Å²) in [5, 5.41) is 3.46. The van der Waals surface area contributed by atoms with Crippen LogP contribution < -0.4 is 5.32 Å². The van der Waals surface area contributed by atoms with Crippen molar-refractivity contribution in [1.29, 1.82) is 0 Å². The minimum atomic E-state index is 0.857. The molecule has 1 N–H and O–H groups in total. The molecule has 0 aromatic rings. The van der Waals surface area contributed by atoms with E-state index < -0.39 is 0 Å². The van der Waals surface area contributed by atoms with Crippen molar-refractivity contribution in [1.82, 2.24) is 10.2 Å². The first-order valence-electron chi connectivity index (χ1n) is 7.70. The molecule has 0 atom stereocenters. The predicted molar refractivity (Wildman–Crippen MR) is 74.3 cm³/mol. The van der Waals surface area contributed by atoms with Gasteiger partial charge in [-0.15, -0.1) is 0 Å². The van der Waals surface area contributed by atoms with Crippen LogP contribution in [0.5, 0.6) is 0 Å². The SMILES string of the molecule is CC(C)CCN(CCC1CCNCC1)C1CC1. The van der Waals surface area contributed by atoms with E-state index in [0.29, 0.717) is 0 Å².